The Hall–Kier alpha value is -1.30. The van der Waals surface area contributed by atoms with Crippen LogP contribution in [0.5, 0.6) is 0 Å². The molecule has 0 amide bonds. The highest BCUT2D eigenvalue weighted by Crippen LogP contribution is 2.38. The van der Waals surface area contributed by atoms with Gasteiger partial charge in [-0.05, 0) is 56.8 Å². The van der Waals surface area contributed by atoms with Crippen LogP contribution in [0.15, 0.2) is 29.3 Å². The fourth-order valence-electron chi connectivity index (χ4n) is 5.11. The van der Waals surface area contributed by atoms with E-state index >= 15 is 0 Å². The first-order chi connectivity index (χ1) is 13.7. The molecule has 0 radical (unpaired) electrons. The minimum atomic E-state index is 0.000607. The summed E-state index contributed by atoms with van der Waals surface area (Å²) in [5, 5.41) is 4.56. The lowest BCUT2D eigenvalue weighted by atomic mass is 9.74. The van der Waals surface area contributed by atoms with Gasteiger partial charge in [-0.15, -0.1) is 0 Å². The van der Waals surface area contributed by atoms with E-state index in [0.29, 0.717) is 6.04 Å². The topological polar surface area (TPSA) is 40.1 Å². The van der Waals surface area contributed by atoms with Gasteiger partial charge in [-0.2, -0.15) is 0 Å². The quantitative estimate of drug-likeness (QED) is 0.618. The highest BCUT2D eigenvalue weighted by molar-refractivity contribution is 6.31. The van der Waals surface area contributed by atoms with Crippen LogP contribution in [0.4, 0.5) is 0 Å². The second kappa shape index (κ2) is 9.02. The third-order valence-corrected chi connectivity index (χ3v) is 7.14. The fraction of sp³-hybridized carbons (Fsp3) is 0.682. The van der Waals surface area contributed by atoms with E-state index in [1.165, 1.54) is 37.9 Å². The average Bonchev–Trinajstić information content (AvgIpc) is 3.42. The molecule has 1 atom stereocenters. The van der Waals surface area contributed by atoms with E-state index in [1.807, 2.05) is 19.2 Å². The number of benzene rings is 1. The summed E-state index contributed by atoms with van der Waals surface area (Å²) in [7, 11) is 1.90. The van der Waals surface area contributed by atoms with Crippen molar-refractivity contribution >= 4 is 17.6 Å². The molecule has 1 unspecified atom stereocenters. The summed E-state index contributed by atoms with van der Waals surface area (Å²) in [6, 6.07) is 8.96. The van der Waals surface area contributed by atoms with Gasteiger partial charge in [-0.3, -0.25) is 9.89 Å². The molecule has 1 aromatic rings. The van der Waals surface area contributed by atoms with E-state index in [-0.39, 0.29) is 5.41 Å². The van der Waals surface area contributed by atoms with Gasteiger partial charge >= 0.3 is 0 Å². The van der Waals surface area contributed by atoms with Gasteiger partial charge in [0.1, 0.15) is 0 Å². The number of hydrogen-bond donors (Lipinski definition) is 1. The van der Waals surface area contributed by atoms with E-state index in [2.05, 4.69) is 32.2 Å². The lowest BCUT2D eigenvalue weighted by Gasteiger charge is -2.39. The van der Waals surface area contributed by atoms with Crippen molar-refractivity contribution in [3.63, 3.8) is 0 Å². The molecule has 3 heterocycles. The van der Waals surface area contributed by atoms with Gasteiger partial charge in [-0.25, -0.2) is 0 Å². The maximum atomic E-state index is 6.60. The van der Waals surface area contributed by atoms with Crippen molar-refractivity contribution in [3.8, 4) is 0 Å². The van der Waals surface area contributed by atoms with Crippen molar-refractivity contribution in [3.05, 3.63) is 34.9 Å². The first kappa shape index (κ1) is 20.0. The largest absolute Gasteiger partial charge is 0.381 e. The van der Waals surface area contributed by atoms with Crippen LogP contribution in [0.25, 0.3) is 0 Å². The second-order valence-electron chi connectivity index (χ2n) is 8.40. The smallest absolute Gasteiger partial charge is 0.193 e. The zero-order valence-corrected chi connectivity index (χ0v) is 17.8. The third-order valence-electron chi connectivity index (χ3n) is 6.81. The molecule has 0 aliphatic carbocycles. The Morgan fingerprint density at radius 1 is 1.21 bits per heavy atom. The molecule has 0 spiro atoms. The van der Waals surface area contributed by atoms with Crippen molar-refractivity contribution in [2.24, 2.45) is 4.99 Å². The summed E-state index contributed by atoms with van der Waals surface area (Å²) in [5.41, 5.74) is 1.24. The Morgan fingerprint density at radius 3 is 2.68 bits per heavy atom. The van der Waals surface area contributed by atoms with Crippen molar-refractivity contribution < 1.29 is 4.74 Å². The number of halogens is 1. The summed E-state index contributed by atoms with van der Waals surface area (Å²) < 4.78 is 5.67. The molecule has 154 valence electrons. The zero-order chi connectivity index (χ0) is 19.4. The normalized spacial score (nSPS) is 26.0. The molecule has 3 aliphatic heterocycles. The number of nitrogens with one attached hydrogen (secondary N) is 1. The Morgan fingerprint density at radius 2 is 1.96 bits per heavy atom. The number of likely N-dealkylation sites (tertiary alicyclic amines) is 2. The molecule has 4 rings (SSSR count). The number of hydrogen-bond acceptors (Lipinski definition) is 3. The van der Waals surface area contributed by atoms with E-state index < -0.39 is 0 Å². The van der Waals surface area contributed by atoms with E-state index in [0.717, 1.165) is 56.7 Å². The standard InChI is InChI=1S/C22H33ClN4O/c1-24-21(27-13-8-18(16-27)26-11-4-5-12-26)25-17-22(9-14-28-15-10-22)19-6-2-3-7-20(19)23/h2-3,6-7,18H,4-5,8-17H2,1H3,(H,24,25). The monoisotopic (exact) mass is 404 g/mol. The average molecular weight is 405 g/mol. The number of nitrogens with zero attached hydrogens (tertiary/aromatic N) is 3. The lowest BCUT2D eigenvalue weighted by Crippen LogP contribution is -2.49. The molecular weight excluding hydrogens is 372 g/mol. The van der Waals surface area contributed by atoms with Crippen molar-refractivity contribution in [2.45, 2.75) is 43.6 Å². The minimum absolute atomic E-state index is 0.000607. The summed E-state index contributed by atoms with van der Waals surface area (Å²) in [4.78, 5) is 9.71. The summed E-state index contributed by atoms with van der Waals surface area (Å²) in [6.45, 7) is 7.11. The van der Waals surface area contributed by atoms with Gasteiger partial charge in [0, 0.05) is 56.4 Å². The van der Waals surface area contributed by atoms with Crippen LogP contribution in [-0.4, -0.2) is 74.8 Å². The Balaban J connectivity index is 1.43. The van der Waals surface area contributed by atoms with Crippen molar-refractivity contribution in [1.82, 2.24) is 15.1 Å². The number of ether oxygens (including phenoxy) is 1. The SMILES string of the molecule is CN=C(NCC1(c2ccccc2Cl)CCOCC1)N1CCC(N2CCCC2)C1. The first-order valence-electron chi connectivity index (χ1n) is 10.7. The second-order valence-corrected chi connectivity index (χ2v) is 8.81. The molecule has 0 bridgehead atoms. The maximum Gasteiger partial charge on any atom is 0.193 e. The molecule has 6 heteroatoms. The molecule has 1 N–H and O–H groups in total. The molecular formula is C22H33ClN4O. The van der Waals surface area contributed by atoms with Gasteiger partial charge in [0.15, 0.2) is 5.96 Å². The van der Waals surface area contributed by atoms with Crippen LogP contribution < -0.4 is 5.32 Å². The fourth-order valence-corrected chi connectivity index (χ4v) is 5.45. The highest BCUT2D eigenvalue weighted by Gasteiger charge is 2.37. The predicted molar refractivity (Wildman–Crippen MR) is 115 cm³/mol. The molecule has 3 fully saturated rings. The molecule has 0 aromatic heterocycles. The Bertz CT molecular complexity index is 683. The Kier molecular flexibility index (Phi) is 6.44. The van der Waals surface area contributed by atoms with Crippen LogP contribution in [0.1, 0.15) is 37.7 Å². The predicted octanol–water partition coefficient (Wildman–Crippen LogP) is 3.13. The van der Waals surface area contributed by atoms with Gasteiger partial charge in [0.05, 0.1) is 0 Å². The van der Waals surface area contributed by atoms with Gasteiger partial charge in [-0.1, -0.05) is 29.8 Å². The minimum Gasteiger partial charge on any atom is -0.381 e. The molecule has 28 heavy (non-hydrogen) atoms. The van der Waals surface area contributed by atoms with E-state index in [1.54, 1.807) is 0 Å². The molecule has 1 aromatic carbocycles. The van der Waals surface area contributed by atoms with Crippen LogP contribution in [0.2, 0.25) is 5.02 Å². The highest BCUT2D eigenvalue weighted by atomic mass is 35.5. The number of rotatable bonds is 4. The number of guanidine groups is 1. The van der Waals surface area contributed by atoms with Gasteiger partial charge in [0.25, 0.3) is 0 Å². The number of aliphatic imine (C=N–C) groups is 1. The zero-order valence-electron chi connectivity index (χ0n) is 17.0. The Labute approximate surface area is 174 Å². The molecule has 3 saturated heterocycles. The van der Waals surface area contributed by atoms with Gasteiger partial charge < -0.3 is 15.0 Å². The van der Waals surface area contributed by atoms with E-state index in [9.17, 15) is 0 Å². The first-order valence-corrected chi connectivity index (χ1v) is 11.1. The van der Waals surface area contributed by atoms with Crippen LogP contribution in [0.3, 0.4) is 0 Å². The van der Waals surface area contributed by atoms with Gasteiger partial charge in [0.2, 0.25) is 0 Å². The summed E-state index contributed by atoms with van der Waals surface area (Å²) in [5.74, 6) is 1.03. The van der Waals surface area contributed by atoms with E-state index in [4.69, 9.17) is 16.3 Å². The third kappa shape index (κ3) is 4.17. The summed E-state index contributed by atoms with van der Waals surface area (Å²) in [6.07, 6.45) is 5.91. The molecule has 5 nitrogen and oxygen atoms in total. The van der Waals surface area contributed by atoms with Crippen molar-refractivity contribution in [2.75, 3.05) is 53.0 Å². The maximum absolute atomic E-state index is 6.60. The van der Waals surface area contributed by atoms with Crippen molar-refractivity contribution in [1.29, 1.82) is 0 Å². The van der Waals surface area contributed by atoms with Crippen LogP contribution >= 0.6 is 11.6 Å². The summed E-state index contributed by atoms with van der Waals surface area (Å²) >= 11 is 6.60. The van der Waals surface area contributed by atoms with Crippen LogP contribution in [0, 0.1) is 0 Å². The molecule has 0 saturated carbocycles. The lowest BCUT2D eigenvalue weighted by molar-refractivity contribution is 0.0512. The van der Waals surface area contributed by atoms with Crippen LogP contribution in [-0.2, 0) is 10.2 Å². The molecule has 3 aliphatic rings.